The smallest absolute Gasteiger partial charge is 0.265 e. The molecule has 5 nitrogen and oxygen atoms in total. The maximum Gasteiger partial charge on any atom is 0.265 e. The summed E-state index contributed by atoms with van der Waals surface area (Å²) in [4.78, 5) is 22.7. The summed E-state index contributed by atoms with van der Waals surface area (Å²) in [6, 6.07) is 2.79. The normalized spacial score (nSPS) is 12.5. The fourth-order valence-corrected chi connectivity index (χ4v) is 1.52. The Balaban J connectivity index is 2.55. The molecule has 0 saturated heterocycles. The second-order valence-electron chi connectivity index (χ2n) is 3.52. The maximum atomic E-state index is 12.0. The first-order valence-corrected chi connectivity index (χ1v) is 5.78. The molecule has 0 fully saturated rings. The third-order valence-electron chi connectivity index (χ3n) is 2.06. The molecule has 1 atom stereocenters. The minimum Gasteiger partial charge on any atom is -0.385 e. The molecule has 2 N–H and O–H groups in total. The molecule has 1 amide bonds. The Hall–Kier alpha value is -1.28. The van der Waals surface area contributed by atoms with Crippen molar-refractivity contribution < 1.29 is 18.7 Å². The molecule has 0 aliphatic carbocycles. The number of rotatable bonds is 5. The summed E-state index contributed by atoms with van der Waals surface area (Å²) in [5.41, 5.74) is -0.386. The van der Waals surface area contributed by atoms with Crippen molar-refractivity contribution in [1.29, 1.82) is 0 Å². The summed E-state index contributed by atoms with van der Waals surface area (Å²) in [5, 5.41) is 10.9. The lowest BCUT2D eigenvalue weighted by molar-refractivity contribution is -0.122. The van der Waals surface area contributed by atoms with Gasteiger partial charge in [-0.25, -0.2) is 8.78 Å². The molecule has 0 saturated carbocycles. The zero-order valence-corrected chi connectivity index (χ0v) is 10.7. The van der Waals surface area contributed by atoms with Crippen molar-refractivity contribution in [3.05, 3.63) is 33.2 Å². The molecule has 1 unspecified atom stereocenters. The molecule has 8 heteroatoms. The van der Waals surface area contributed by atoms with E-state index in [0.717, 1.165) is 4.57 Å². The van der Waals surface area contributed by atoms with Gasteiger partial charge in [-0.2, -0.15) is 0 Å². The van der Waals surface area contributed by atoms with E-state index in [1.54, 1.807) is 0 Å². The fourth-order valence-electron chi connectivity index (χ4n) is 1.14. The van der Waals surface area contributed by atoms with Gasteiger partial charge in [0.1, 0.15) is 12.6 Å². The maximum absolute atomic E-state index is 12.0. The fraction of sp³-hybridized carbons (Fsp3) is 0.400. The Morgan fingerprint density at radius 3 is 2.78 bits per heavy atom. The van der Waals surface area contributed by atoms with Crippen LogP contribution in [0.4, 0.5) is 8.78 Å². The summed E-state index contributed by atoms with van der Waals surface area (Å²) < 4.78 is 25.7. The average molecular weight is 325 g/mol. The molecule has 1 aromatic rings. The Morgan fingerprint density at radius 1 is 1.50 bits per heavy atom. The molecule has 0 aliphatic heterocycles. The van der Waals surface area contributed by atoms with Gasteiger partial charge >= 0.3 is 0 Å². The lowest BCUT2D eigenvalue weighted by Crippen LogP contribution is -2.38. The van der Waals surface area contributed by atoms with Gasteiger partial charge in [0.2, 0.25) is 5.91 Å². The largest absolute Gasteiger partial charge is 0.385 e. The topological polar surface area (TPSA) is 71.3 Å². The number of hydrogen-bond acceptors (Lipinski definition) is 3. The lowest BCUT2D eigenvalue weighted by atomic mass is 10.3. The first kappa shape index (κ1) is 14.8. The molecule has 1 heterocycles. The molecule has 0 aliphatic rings. The molecule has 0 radical (unpaired) electrons. The Kier molecular flexibility index (Phi) is 5.42. The second kappa shape index (κ2) is 6.60. The number of halogens is 3. The summed E-state index contributed by atoms with van der Waals surface area (Å²) >= 11 is 3.14. The van der Waals surface area contributed by atoms with E-state index in [4.69, 9.17) is 5.11 Å². The van der Waals surface area contributed by atoms with Crippen LogP contribution in [-0.4, -0.2) is 34.7 Å². The van der Waals surface area contributed by atoms with Crippen LogP contribution in [0, 0.1) is 0 Å². The third kappa shape index (κ3) is 4.53. The average Bonchev–Trinajstić information content (AvgIpc) is 2.30. The van der Waals surface area contributed by atoms with Crippen molar-refractivity contribution in [2.24, 2.45) is 0 Å². The van der Waals surface area contributed by atoms with Crippen LogP contribution in [0.2, 0.25) is 0 Å². The summed E-state index contributed by atoms with van der Waals surface area (Å²) in [5.74, 6) is -0.630. The number of aromatic nitrogens is 1. The quantitative estimate of drug-likeness (QED) is 0.821. The van der Waals surface area contributed by atoms with Crippen molar-refractivity contribution in [2.75, 3.05) is 6.54 Å². The Morgan fingerprint density at radius 2 is 2.17 bits per heavy atom. The Labute approximate surface area is 110 Å². The summed E-state index contributed by atoms with van der Waals surface area (Å²) in [6.45, 7) is -0.854. The molecule has 18 heavy (non-hydrogen) atoms. The number of nitrogens with one attached hydrogen (secondary N) is 1. The van der Waals surface area contributed by atoms with Gasteiger partial charge in [-0.05, 0) is 22.0 Å². The van der Waals surface area contributed by atoms with E-state index in [2.05, 4.69) is 21.2 Å². The highest BCUT2D eigenvalue weighted by molar-refractivity contribution is 9.10. The van der Waals surface area contributed by atoms with Gasteiger partial charge in [-0.15, -0.1) is 0 Å². The van der Waals surface area contributed by atoms with Gasteiger partial charge in [0.25, 0.3) is 12.0 Å². The van der Waals surface area contributed by atoms with Gasteiger partial charge in [0.05, 0.1) is 0 Å². The minimum atomic E-state index is -2.92. The van der Waals surface area contributed by atoms with Crippen molar-refractivity contribution in [3.63, 3.8) is 0 Å². The Bertz CT molecular complexity index is 478. The predicted octanol–water partition coefficient (Wildman–Crippen LogP) is 0.353. The van der Waals surface area contributed by atoms with E-state index in [9.17, 15) is 18.4 Å². The molecular weight excluding hydrogens is 314 g/mol. The van der Waals surface area contributed by atoms with Gasteiger partial charge in [-0.3, -0.25) is 9.59 Å². The number of amides is 1. The third-order valence-corrected chi connectivity index (χ3v) is 2.53. The van der Waals surface area contributed by atoms with Crippen molar-refractivity contribution in [3.8, 4) is 0 Å². The molecule has 0 aromatic carbocycles. The monoisotopic (exact) mass is 324 g/mol. The van der Waals surface area contributed by atoms with Crippen molar-refractivity contribution in [1.82, 2.24) is 9.88 Å². The highest BCUT2D eigenvalue weighted by Gasteiger charge is 2.17. The summed E-state index contributed by atoms with van der Waals surface area (Å²) in [7, 11) is 0. The summed E-state index contributed by atoms with van der Waals surface area (Å²) in [6.07, 6.45) is -3.42. The van der Waals surface area contributed by atoms with E-state index in [1.165, 1.54) is 18.3 Å². The van der Waals surface area contributed by atoms with E-state index in [0.29, 0.717) is 4.47 Å². The van der Waals surface area contributed by atoms with Gasteiger partial charge in [0, 0.05) is 23.3 Å². The highest BCUT2D eigenvalue weighted by atomic mass is 79.9. The number of alkyl halides is 2. The van der Waals surface area contributed by atoms with Gasteiger partial charge < -0.3 is 15.0 Å². The minimum absolute atomic E-state index is 0.297. The number of aliphatic hydroxyl groups is 1. The molecule has 100 valence electrons. The van der Waals surface area contributed by atoms with E-state index >= 15 is 0 Å². The number of aliphatic hydroxyl groups excluding tert-OH is 1. The lowest BCUT2D eigenvalue weighted by Gasteiger charge is -2.11. The van der Waals surface area contributed by atoms with Crippen LogP contribution in [0.1, 0.15) is 0 Å². The van der Waals surface area contributed by atoms with Gasteiger partial charge in [-0.1, -0.05) is 0 Å². The van der Waals surface area contributed by atoms with Crippen molar-refractivity contribution >= 4 is 21.8 Å². The first-order valence-electron chi connectivity index (χ1n) is 4.99. The van der Waals surface area contributed by atoms with Crippen molar-refractivity contribution in [2.45, 2.75) is 19.1 Å². The zero-order valence-electron chi connectivity index (χ0n) is 9.15. The SMILES string of the molecule is O=C(Cn1cc(Br)ccc1=O)NCC(O)C(F)F. The van der Waals surface area contributed by atoms with Crippen LogP contribution in [0.25, 0.3) is 0 Å². The van der Waals surface area contributed by atoms with Crippen LogP contribution in [0.5, 0.6) is 0 Å². The van der Waals surface area contributed by atoms with Crippen LogP contribution in [0.15, 0.2) is 27.6 Å². The van der Waals surface area contributed by atoms with Crippen LogP contribution < -0.4 is 10.9 Å². The molecule has 0 bridgehead atoms. The predicted molar refractivity (Wildman–Crippen MR) is 63.4 cm³/mol. The van der Waals surface area contributed by atoms with E-state index in [-0.39, 0.29) is 12.1 Å². The van der Waals surface area contributed by atoms with Crippen LogP contribution >= 0.6 is 15.9 Å². The van der Waals surface area contributed by atoms with E-state index < -0.39 is 25.0 Å². The molecule has 1 rings (SSSR count). The zero-order chi connectivity index (χ0) is 13.7. The second-order valence-corrected chi connectivity index (χ2v) is 4.44. The highest BCUT2D eigenvalue weighted by Crippen LogP contribution is 2.04. The number of pyridine rings is 1. The van der Waals surface area contributed by atoms with E-state index in [1.807, 2.05) is 0 Å². The van der Waals surface area contributed by atoms with Crippen LogP contribution in [-0.2, 0) is 11.3 Å². The number of carbonyl (C=O) groups is 1. The first-order chi connectivity index (χ1) is 8.40. The molecular formula is C10H11BrF2N2O3. The van der Waals surface area contributed by atoms with Gasteiger partial charge in [0.15, 0.2) is 0 Å². The molecule has 0 spiro atoms. The number of nitrogens with zero attached hydrogens (tertiary/aromatic N) is 1. The standard InChI is InChI=1S/C10H11BrF2N2O3/c11-6-1-2-9(18)15(4-6)5-8(17)14-3-7(16)10(12)13/h1-2,4,7,10,16H,3,5H2,(H,14,17). The molecule has 1 aromatic heterocycles. The number of carbonyl (C=O) groups excluding carboxylic acids is 1. The van der Waals surface area contributed by atoms with Crippen LogP contribution in [0.3, 0.4) is 0 Å². The number of hydrogen-bond donors (Lipinski definition) is 2.